The molecule has 9 heteroatoms. The number of carbonyl (C=O) groups excluding carboxylic acids is 1. The Labute approximate surface area is 179 Å². The van der Waals surface area contributed by atoms with E-state index in [0.717, 1.165) is 23.4 Å². The third kappa shape index (κ3) is 3.99. The molecule has 1 aromatic carbocycles. The summed E-state index contributed by atoms with van der Waals surface area (Å²) in [7, 11) is 0. The van der Waals surface area contributed by atoms with Gasteiger partial charge in [-0.3, -0.25) is 0 Å². The zero-order valence-corrected chi connectivity index (χ0v) is 18.6. The fraction of sp³-hybridized carbons (Fsp3) is 0.526. The normalized spacial score (nSPS) is 20.3. The number of amides is 2. The van der Waals surface area contributed by atoms with Crippen LogP contribution in [0.25, 0.3) is 0 Å². The van der Waals surface area contributed by atoms with E-state index in [9.17, 15) is 9.90 Å². The second-order valence-electron chi connectivity index (χ2n) is 7.87. The first kappa shape index (κ1) is 21.3. The first-order valence-electron chi connectivity index (χ1n) is 9.22. The van der Waals surface area contributed by atoms with Crippen molar-refractivity contribution in [3.8, 4) is 0 Å². The van der Waals surface area contributed by atoms with Crippen molar-refractivity contribution in [2.24, 2.45) is 0 Å². The Morgan fingerprint density at radius 3 is 2.50 bits per heavy atom. The van der Waals surface area contributed by atoms with Crippen molar-refractivity contribution in [2.75, 3.05) is 11.4 Å². The van der Waals surface area contributed by atoms with E-state index in [-0.39, 0.29) is 11.4 Å². The Bertz CT molecular complexity index is 868. The molecule has 0 bridgehead atoms. The average Bonchev–Trinajstić information content (AvgIpc) is 3.19. The van der Waals surface area contributed by atoms with Crippen molar-refractivity contribution >= 4 is 45.7 Å². The molecular formula is C19H24Cl2N4O2S. The van der Waals surface area contributed by atoms with Crippen LogP contribution in [0.15, 0.2) is 18.2 Å². The zero-order chi connectivity index (χ0) is 20.6. The summed E-state index contributed by atoms with van der Waals surface area (Å²) in [5, 5.41) is 21.5. The topological polar surface area (TPSA) is 69.6 Å². The number of aliphatic hydroxyl groups is 1. The van der Waals surface area contributed by atoms with Gasteiger partial charge in [0.2, 0.25) is 5.13 Å². The molecule has 2 aromatic rings. The lowest BCUT2D eigenvalue weighted by atomic mass is 9.98. The van der Waals surface area contributed by atoms with E-state index in [0.29, 0.717) is 21.7 Å². The lowest BCUT2D eigenvalue weighted by Gasteiger charge is -2.25. The van der Waals surface area contributed by atoms with E-state index in [1.54, 1.807) is 23.1 Å². The Hall–Kier alpha value is -1.41. The molecule has 6 nitrogen and oxygen atoms in total. The van der Waals surface area contributed by atoms with Crippen molar-refractivity contribution < 1.29 is 9.90 Å². The minimum Gasteiger partial charge on any atom is -0.370 e. The predicted molar refractivity (Wildman–Crippen MR) is 113 cm³/mol. The smallest absolute Gasteiger partial charge is 0.329 e. The molecule has 0 spiro atoms. The number of hydrogen-bond acceptors (Lipinski definition) is 5. The quantitative estimate of drug-likeness (QED) is 0.686. The van der Waals surface area contributed by atoms with Gasteiger partial charge in [0.15, 0.2) is 6.23 Å². The molecule has 0 radical (unpaired) electrons. The van der Waals surface area contributed by atoms with Gasteiger partial charge in [-0.05, 0) is 24.1 Å². The van der Waals surface area contributed by atoms with Crippen molar-refractivity contribution in [1.82, 2.24) is 15.1 Å². The second-order valence-corrected chi connectivity index (χ2v) is 9.64. The molecule has 0 aliphatic carbocycles. The highest BCUT2D eigenvalue weighted by Crippen LogP contribution is 2.41. The molecule has 0 unspecified atom stereocenters. The van der Waals surface area contributed by atoms with E-state index >= 15 is 0 Å². The summed E-state index contributed by atoms with van der Waals surface area (Å²) in [5.74, 6) is 0. The summed E-state index contributed by atoms with van der Waals surface area (Å²) < 4.78 is 0. The van der Waals surface area contributed by atoms with Crippen molar-refractivity contribution in [3.05, 3.63) is 38.8 Å². The zero-order valence-electron chi connectivity index (χ0n) is 16.3. The summed E-state index contributed by atoms with van der Waals surface area (Å²) in [6.45, 7) is 8.69. The van der Waals surface area contributed by atoms with Crippen molar-refractivity contribution in [3.63, 3.8) is 0 Å². The number of rotatable bonds is 5. The van der Waals surface area contributed by atoms with Gasteiger partial charge in [-0.25, -0.2) is 9.69 Å². The number of hydrogen-bond donors (Lipinski definition) is 1. The molecule has 3 rings (SSSR count). The van der Waals surface area contributed by atoms with Crippen LogP contribution in [-0.4, -0.2) is 39.0 Å². The van der Waals surface area contributed by atoms with Crippen LogP contribution in [0, 0.1) is 0 Å². The Kier molecular flexibility index (Phi) is 6.20. The van der Waals surface area contributed by atoms with E-state index in [1.807, 2.05) is 20.8 Å². The van der Waals surface area contributed by atoms with Gasteiger partial charge < -0.3 is 10.0 Å². The SMILES string of the molecule is CCCCN1C(=O)N(c2nnc(C(C)(C)C)s2)[C@@H](O)[C@@H]1c1ccc(Cl)c(Cl)c1. The first-order valence-corrected chi connectivity index (χ1v) is 10.8. The van der Waals surface area contributed by atoms with Crippen LogP contribution in [0.5, 0.6) is 0 Å². The minimum atomic E-state index is -1.10. The van der Waals surface area contributed by atoms with Crippen LogP contribution in [0.2, 0.25) is 10.0 Å². The molecule has 1 fully saturated rings. The van der Waals surface area contributed by atoms with E-state index in [2.05, 4.69) is 17.1 Å². The molecule has 2 amide bonds. The summed E-state index contributed by atoms with van der Waals surface area (Å²) >= 11 is 13.5. The number of anilines is 1. The van der Waals surface area contributed by atoms with Gasteiger partial charge in [0.1, 0.15) is 11.0 Å². The third-order valence-corrected chi connectivity index (χ3v) is 6.72. The molecule has 28 heavy (non-hydrogen) atoms. The molecule has 1 aromatic heterocycles. The number of nitrogens with zero attached hydrogens (tertiary/aromatic N) is 4. The van der Waals surface area contributed by atoms with Gasteiger partial charge in [0.25, 0.3) is 0 Å². The Morgan fingerprint density at radius 1 is 1.21 bits per heavy atom. The second kappa shape index (κ2) is 8.14. The monoisotopic (exact) mass is 442 g/mol. The molecule has 1 saturated heterocycles. The number of benzene rings is 1. The summed E-state index contributed by atoms with van der Waals surface area (Å²) in [6.07, 6.45) is 0.663. The maximum atomic E-state index is 13.2. The third-order valence-electron chi connectivity index (χ3n) is 4.63. The number of carbonyl (C=O) groups is 1. The summed E-state index contributed by atoms with van der Waals surface area (Å²) in [6, 6.07) is 4.33. The number of unbranched alkanes of at least 4 members (excludes halogenated alkanes) is 1. The molecule has 1 aliphatic heterocycles. The highest BCUT2D eigenvalue weighted by molar-refractivity contribution is 7.15. The van der Waals surface area contributed by atoms with Gasteiger partial charge >= 0.3 is 6.03 Å². The maximum Gasteiger partial charge on any atom is 0.329 e. The average molecular weight is 443 g/mol. The van der Waals surface area contributed by atoms with Crippen LogP contribution in [0.3, 0.4) is 0 Å². The lowest BCUT2D eigenvalue weighted by molar-refractivity contribution is 0.118. The van der Waals surface area contributed by atoms with Crippen LogP contribution in [0.1, 0.15) is 57.1 Å². The number of aromatic nitrogens is 2. The van der Waals surface area contributed by atoms with Gasteiger partial charge in [0.05, 0.1) is 10.0 Å². The van der Waals surface area contributed by atoms with Crippen molar-refractivity contribution in [1.29, 1.82) is 0 Å². The molecule has 0 saturated carbocycles. The van der Waals surface area contributed by atoms with Gasteiger partial charge in [-0.1, -0.05) is 74.7 Å². The first-order chi connectivity index (χ1) is 13.1. The van der Waals surface area contributed by atoms with Crippen LogP contribution in [-0.2, 0) is 5.41 Å². The van der Waals surface area contributed by atoms with Gasteiger partial charge in [-0.2, -0.15) is 0 Å². The summed E-state index contributed by atoms with van der Waals surface area (Å²) in [4.78, 5) is 16.2. The van der Waals surface area contributed by atoms with E-state index < -0.39 is 12.3 Å². The molecule has 2 atom stereocenters. The van der Waals surface area contributed by atoms with Crippen LogP contribution >= 0.6 is 34.5 Å². The molecule has 1 N–H and O–H groups in total. The van der Waals surface area contributed by atoms with E-state index in [1.165, 1.54) is 16.2 Å². The Morgan fingerprint density at radius 2 is 1.93 bits per heavy atom. The lowest BCUT2D eigenvalue weighted by Crippen LogP contribution is -2.35. The highest BCUT2D eigenvalue weighted by Gasteiger charge is 2.47. The Balaban J connectivity index is 2.00. The van der Waals surface area contributed by atoms with Crippen LogP contribution in [0.4, 0.5) is 9.93 Å². The van der Waals surface area contributed by atoms with E-state index in [4.69, 9.17) is 23.2 Å². The van der Waals surface area contributed by atoms with Gasteiger partial charge in [-0.15, -0.1) is 10.2 Å². The predicted octanol–water partition coefficient (Wildman–Crippen LogP) is 5.24. The highest BCUT2D eigenvalue weighted by atomic mass is 35.5. The number of halogens is 2. The van der Waals surface area contributed by atoms with Crippen LogP contribution < -0.4 is 4.90 Å². The largest absolute Gasteiger partial charge is 0.370 e. The molecule has 1 aliphatic rings. The maximum absolute atomic E-state index is 13.2. The standard InChI is InChI=1S/C19H24Cl2N4O2S/c1-5-6-9-24-14(11-7-8-12(20)13(21)10-11)15(26)25(18(24)27)17-23-22-16(28-17)19(2,3)4/h7-8,10,14-15,26H,5-6,9H2,1-4H3/t14-,15-/m0/s1. The fourth-order valence-electron chi connectivity index (χ4n) is 3.10. The molecule has 2 heterocycles. The molecular weight excluding hydrogens is 419 g/mol. The minimum absolute atomic E-state index is 0.186. The van der Waals surface area contributed by atoms with Crippen molar-refractivity contribution in [2.45, 2.75) is 58.2 Å². The number of urea groups is 1. The number of aliphatic hydroxyl groups excluding tert-OH is 1. The summed E-state index contributed by atoms with van der Waals surface area (Å²) in [5.41, 5.74) is 0.545. The fourth-order valence-corrected chi connectivity index (χ4v) is 4.33. The van der Waals surface area contributed by atoms with Gasteiger partial charge in [0, 0.05) is 12.0 Å². The molecule has 152 valence electrons.